The van der Waals surface area contributed by atoms with Crippen molar-refractivity contribution in [3.63, 3.8) is 0 Å². The van der Waals surface area contributed by atoms with E-state index in [-0.39, 0.29) is 0 Å². The van der Waals surface area contributed by atoms with Crippen LogP contribution in [0.25, 0.3) is 0 Å². The van der Waals surface area contributed by atoms with Gasteiger partial charge in [-0.05, 0) is 32.5 Å². The van der Waals surface area contributed by atoms with Crippen LogP contribution in [0.3, 0.4) is 0 Å². The summed E-state index contributed by atoms with van der Waals surface area (Å²) in [6.45, 7) is 5.30. The molecule has 0 amide bonds. The summed E-state index contributed by atoms with van der Waals surface area (Å²) in [6, 6.07) is 3.82. The van der Waals surface area contributed by atoms with Crippen LogP contribution in [0, 0.1) is 13.8 Å². The number of benzene rings is 1. The second kappa shape index (κ2) is 7.03. The molecule has 2 aromatic rings. The third-order valence-corrected chi connectivity index (χ3v) is 4.03. The summed E-state index contributed by atoms with van der Waals surface area (Å²) in [5.74, 6) is 2.04. The van der Waals surface area contributed by atoms with Gasteiger partial charge in [-0.3, -0.25) is 4.90 Å². The molecular formula is C16H21ClN2O3. The summed E-state index contributed by atoms with van der Waals surface area (Å²) in [5, 5.41) is 4.56. The van der Waals surface area contributed by atoms with E-state index in [9.17, 15) is 0 Å². The average molecular weight is 325 g/mol. The minimum Gasteiger partial charge on any atom is -0.493 e. The summed E-state index contributed by atoms with van der Waals surface area (Å²) in [6.07, 6.45) is 0. The molecule has 0 aliphatic carbocycles. The second-order valence-corrected chi connectivity index (χ2v) is 5.63. The van der Waals surface area contributed by atoms with E-state index in [4.69, 9.17) is 25.6 Å². The summed E-state index contributed by atoms with van der Waals surface area (Å²) in [4.78, 5) is 2.15. The molecule has 0 atom stereocenters. The third kappa shape index (κ3) is 3.36. The minimum absolute atomic E-state index is 0.562. The van der Waals surface area contributed by atoms with E-state index in [0.29, 0.717) is 23.1 Å². The molecule has 0 saturated heterocycles. The smallest absolute Gasteiger partial charge is 0.179 e. The first-order valence-electron chi connectivity index (χ1n) is 6.97. The maximum absolute atomic E-state index is 6.42. The number of hydrogen-bond acceptors (Lipinski definition) is 5. The number of aromatic nitrogens is 1. The second-order valence-electron chi connectivity index (χ2n) is 5.25. The van der Waals surface area contributed by atoms with E-state index in [1.165, 1.54) is 0 Å². The SMILES string of the molecule is COc1ccc(CN(C)Cc2c(C)noc2C)c(Cl)c1OC. The summed E-state index contributed by atoms with van der Waals surface area (Å²) in [7, 11) is 5.21. The molecule has 5 nitrogen and oxygen atoms in total. The Labute approximate surface area is 135 Å². The lowest BCUT2D eigenvalue weighted by atomic mass is 10.1. The third-order valence-electron chi connectivity index (χ3n) is 3.61. The van der Waals surface area contributed by atoms with Crippen molar-refractivity contribution < 1.29 is 14.0 Å². The normalized spacial score (nSPS) is 11.0. The van der Waals surface area contributed by atoms with Gasteiger partial charge in [-0.25, -0.2) is 0 Å². The standard InChI is InChI=1S/C16H21ClN2O3/c1-10-13(11(2)22-18-10)9-19(3)8-12-6-7-14(20-4)16(21-5)15(12)17/h6-7H,8-9H2,1-5H3. The summed E-state index contributed by atoms with van der Waals surface area (Å²) in [5.41, 5.74) is 3.01. The number of rotatable bonds is 6. The first kappa shape index (κ1) is 16.6. The topological polar surface area (TPSA) is 47.7 Å². The highest BCUT2D eigenvalue weighted by molar-refractivity contribution is 6.33. The first-order valence-corrected chi connectivity index (χ1v) is 7.35. The van der Waals surface area contributed by atoms with Gasteiger partial charge in [0, 0.05) is 18.7 Å². The average Bonchev–Trinajstić information content (AvgIpc) is 2.81. The Morgan fingerprint density at radius 3 is 2.45 bits per heavy atom. The monoisotopic (exact) mass is 324 g/mol. The van der Waals surface area contributed by atoms with E-state index in [0.717, 1.165) is 29.1 Å². The number of hydrogen-bond donors (Lipinski definition) is 0. The fourth-order valence-corrected chi connectivity index (χ4v) is 2.69. The molecule has 0 unspecified atom stereocenters. The predicted molar refractivity (Wildman–Crippen MR) is 85.7 cm³/mol. The minimum atomic E-state index is 0.562. The number of nitrogens with zero attached hydrogens (tertiary/aromatic N) is 2. The van der Waals surface area contributed by atoms with Crippen LogP contribution in [0.15, 0.2) is 16.7 Å². The van der Waals surface area contributed by atoms with Crippen molar-refractivity contribution in [2.45, 2.75) is 26.9 Å². The van der Waals surface area contributed by atoms with Crippen LogP contribution in [0.4, 0.5) is 0 Å². The molecule has 22 heavy (non-hydrogen) atoms. The Morgan fingerprint density at radius 2 is 1.91 bits per heavy atom. The van der Waals surface area contributed by atoms with Gasteiger partial charge < -0.3 is 14.0 Å². The van der Waals surface area contributed by atoms with Gasteiger partial charge in [0.25, 0.3) is 0 Å². The van der Waals surface area contributed by atoms with Gasteiger partial charge in [0.2, 0.25) is 0 Å². The highest BCUT2D eigenvalue weighted by atomic mass is 35.5. The Balaban J connectivity index is 2.17. The lowest BCUT2D eigenvalue weighted by Crippen LogP contribution is -2.18. The molecule has 0 fully saturated rings. The highest BCUT2D eigenvalue weighted by Gasteiger charge is 2.16. The van der Waals surface area contributed by atoms with Crippen molar-refractivity contribution in [3.05, 3.63) is 39.7 Å². The Hall–Kier alpha value is -1.72. The molecule has 1 aromatic carbocycles. The molecular weight excluding hydrogens is 304 g/mol. The zero-order chi connectivity index (χ0) is 16.3. The highest BCUT2D eigenvalue weighted by Crippen LogP contribution is 2.37. The fourth-order valence-electron chi connectivity index (χ4n) is 2.40. The van der Waals surface area contributed by atoms with Crippen LogP contribution < -0.4 is 9.47 Å². The molecule has 0 aliphatic heterocycles. The van der Waals surface area contributed by atoms with E-state index in [1.54, 1.807) is 14.2 Å². The molecule has 0 bridgehead atoms. The Bertz CT molecular complexity index is 636. The van der Waals surface area contributed by atoms with Crippen molar-refractivity contribution >= 4 is 11.6 Å². The first-order chi connectivity index (χ1) is 10.5. The molecule has 6 heteroatoms. The van der Waals surface area contributed by atoms with Crippen molar-refractivity contribution in [3.8, 4) is 11.5 Å². The van der Waals surface area contributed by atoms with Crippen LogP contribution in [-0.4, -0.2) is 31.3 Å². The van der Waals surface area contributed by atoms with Crippen molar-refractivity contribution in [1.82, 2.24) is 10.1 Å². The Morgan fingerprint density at radius 1 is 1.18 bits per heavy atom. The van der Waals surface area contributed by atoms with Crippen molar-refractivity contribution in [2.24, 2.45) is 0 Å². The van der Waals surface area contributed by atoms with E-state index in [1.807, 2.05) is 33.0 Å². The fraction of sp³-hybridized carbons (Fsp3) is 0.438. The molecule has 0 spiro atoms. The van der Waals surface area contributed by atoms with E-state index >= 15 is 0 Å². The molecule has 1 aromatic heterocycles. The van der Waals surface area contributed by atoms with Gasteiger partial charge in [-0.15, -0.1) is 0 Å². The van der Waals surface area contributed by atoms with Gasteiger partial charge in [-0.2, -0.15) is 0 Å². The van der Waals surface area contributed by atoms with Crippen molar-refractivity contribution in [2.75, 3.05) is 21.3 Å². The Kier molecular flexibility index (Phi) is 5.32. The number of aryl methyl sites for hydroxylation is 2. The summed E-state index contributed by atoms with van der Waals surface area (Å²) < 4.78 is 15.8. The molecule has 0 N–H and O–H groups in total. The van der Waals surface area contributed by atoms with Gasteiger partial charge in [0.15, 0.2) is 11.5 Å². The van der Waals surface area contributed by atoms with Crippen LogP contribution in [-0.2, 0) is 13.1 Å². The lowest BCUT2D eigenvalue weighted by Gasteiger charge is -2.19. The van der Waals surface area contributed by atoms with Gasteiger partial charge in [0.1, 0.15) is 5.76 Å². The summed E-state index contributed by atoms with van der Waals surface area (Å²) >= 11 is 6.42. The van der Waals surface area contributed by atoms with Gasteiger partial charge >= 0.3 is 0 Å². The van der Waals surface area contributed by atoms with Crippen LogP contribution in [0.5, 0.6) is 11.5 Å². The molecule has 0 aliphatic rings. The van der Waals surface area contributed by atoms with Crippen LogP contribution in [0.2, 0.25) is 5.02 Å². The number of ether oxygens (including phenoxy) is 2. The predicted octanol–water partition coefficient (Wildman–Crippen LogP) is 3.59. The quantitative estimate of drug-likeness (QED) is 0.812. The molecule has 2 rings (SSSR count). The maximum atomic E-state index is 6.42. The van der Waals surface area contributed by atoms with Crippen LogP contribution in [0.1, 0.15) is 22.6 Å². The number of halogens is 1. The molecule has 0 saturated carbocycles. The lowest BCUT2D eigenvalue weighted by molar-refractivity contribution is 0.312. The number of methoxy groups -OCH3 is 2. The molecule has 1 heterocycles. The van der Waals surface area contributed by atoms with Gasteiger partial charge in [-0.1, -0.05) is 22.8 Å². The maximum Gasteiger partial charge on any atom is 0.179 e. The zero-order valence-electron chi connectivity index (χ0n) is 13.6. The van der Waals surface area contributed by atoms with E-state index in [2.05, 4.69) is 10.1 Å². The molecule has 120 valence electrons. The van der Waals surface area contributed by atoms with Gasteiger partial charge in [0.05, 0.1) is 24.9 Å². The van der Waals surface area contributed by atoms with E-state index < -0.39 is 0 Å². The molecule has 0 radical (unpaired) electrons. The van der Waals surface area contributed by atoms with Crippen molar-refractivity contribution in [1.29, 1.82) is 0 Å². The zero-order valence-corrected chi connectivity index (χ0v) is 14.3. The van der Waals surface area contributed by atoms with Crippen LogP contribution >= 0.6 is 11.6 Å². The largest absolute Gasteiger partial charge is 0.493 e.